The molecule has 1 radical (unpaired) electrons. The van der Waals surface area contributed by atoms with Gasteiger partial charge >= 0.3 is 0 Å². The van der Waals surface area contributed by atoms with Crippen molar-refractivity contribution >= 4 is 6.08 Å². The average Bonchev–Trinajstić information content (AvgIpc) is 2.18. The monoisotopic (exact) mass is 413 g/mol. The summed E-state index contributed by atoms with van der Waals surface area (Å²) in [5, 5.41) is 16.9. The number of rotatable bonds is 2. The van der Waals surface area contributed by atoms with E-state index in [1.807, 2.05) is 31.2 Å². The largest absolute Gasteiger partial charge is 0.513 e. The number of aliphatic hydroxyl groups excluding tert-OH is 2. The predicted molar refractivity (Wildman–Crippen MR) is 65.7 cm³/mol. The number of hydrogen-bond acceptors (Lipinski definition) is 3. The van der Waals surface area contributed by atoms with Crippen LogP contribution in [-0.2, 0) is 20.1 Å². The molecule has 2 N–H and O–H groups in total. The molecule has 0 aliphatic rings. The zero-order valence-electron chi connectivity index (χ0n) is 10.2. The van der Waals surface area contributed by atoms with Crippen molar-refractivity contribution in [2.24, 2.45) is 0 Å². The van der Waals surface area contributed by atoms with Gasteiger partial charge in [0.25, 0.3) is 0 Å². The van der Waals surface area contributed by atoms with E-state index in [0.717, 1.165) is 5.69 Å². The van der Waals surface area contributed by atoms with E-state index in [-0.39, 0.29) is 25.9 Å². The van der Waals surface area contributed by atoms with Crippen LogP contribution in [0.1, 0.15) is 26.5 Å². The van der Waals surface area contributed by atoms with E-state index in [4.69, 9.17) is 10.2 Å². The third kappa shape index (κ3) is 13.0. The molecule has 1 atom stereocenters. The Labute approximate surface area is 116 Å². The molecule has 1 rings (SSSR count). The summed E-state index contributed by atoms with van der Waals surface area (Å²) in [6.07, 6.45) is 7.33. The molecule has 0 amide bonds. The Balaban J connectivity index is 0. The summed E-state index contributed by atoms with van der Waals surface area (Å²) in [7, 11) is 0. The Morgan fingerprint density at radius 2 is 2.12 bits per heavy atom. The van der Waals surface area contributed by atoms with Gasteiger partial charge in [0.2, 0.25) is 0 Å². The van der Waals surface area contributed by atoms with Gasteiger partial charge < -0.3 is 15.2 Å². The molecule has 0 saturated heterocycles. The maximum absolute atomic E-state index is 8.49. The van der Waals surface area contributed by atoms with Gasteiger partial charge in [0.05, 0.1) is 11.9 Å². The molecule has 4 heteroatoms. The van der Waals surface area contributed by atoms with Crippen LogP contribution in [0.4, 0.5) is 0 Å². The number of pyridine rings is 1. The topological polar surface area (TPSA) is 53.4 Å². The summed E-state index contributed by atoms with van der Waals surface area (Å²) in [6.45, 7) is 4.96. The zero-order valence-corrected chi connectivity index (χ0v) is 12.6. The molecule has 0 aliphatic carbocycles. The van der Waals surface area contributed by atoms with Crippen molar-refractivity contribution in [1.82, 2.24) is 4.98 Å². The van der Waals surface area contributed by atoms with E-state index in [0.29, 0.717) is 0 Å². The second kappa shape index (κ2) is 11.5. The number of aromatic nitrogens is 1. The third-order valence-electron chi connectivity index (χ3n) is 1.46. The van der Waals surface area contributed by atoms with Crippen molar-refractivity contribution < 1.29 is 30.3 Å². The molecule has 1 heterocycles. The van der Waals surface area contributed by atoms with Crippen molar-refractivity contribution in [3.63, 3.8) is 0 Å². The summed E-state index contributed by atoms with van der Waals surface area (Å²) < 4.78 is 0. The first kappa shape index (κ1) is 18.4. The number of aliphatic hydroxyl groups is 2. The first-order valence-electron chi connectivity index (χ1n) is 5.03. The minimum Gasteiger partial charge on any atom is -0.513 e. The smallest absolute Gasteiger partial charge is 0.0877 e. The number of hydrogen-bond donors (Lipinski definition) is 2. The van der Waals surface area contributed by atoms with E-state index in [2.05, 4.69) is 11.1 Å². The Morgan fingerprint density at radius 1 is 1.47 bits per heavy atom. The van der Waals surface area contributed by atoms with Gasteiger partial charge in [-0.05, 0) is 26.0 Å². The van der Waals surface area contributed by atoms with Crippen LogP contribution in [0.15, 0.2) is 36.2 Å². The Bertz CT molecular complexity index is 331. The van der Waals surface area contributed by atoms with E-state index in [1.54, 1.807) is 13.1 Å². The van der Waals surface area contributed by atoms with Gasteiger partial charge in [0, 0.05) is 26.3 Å². The van der Waals surface area contributed by atoms with Crippen molar-refractivity contribution in [3.8, 4) is 0 Å². The van der Waals surface area contributed by atoms with Crippen LogP contribution >= 0.6 is 0 Å². The fraction of sp³-hybridized carbons (Fsp3) is 0.308. The Hall–Kier alpha value is -0.961. The molecule has 0 spiro atoms. The van der Waals surface area contributed by atoms with Gasteiger partial charge in [-0.25, -0.2) is 6.08 Å². The normalized spacial score (nSPS) is 12.4. The molecule has 1 unspecified atom stereocenters. The van der Waals surface area contributed by atoms with Crippen LogP contribution in [0.2, 0.25) is 0 Å². The van der Waals surface area contributed by atoms with E-state index >= 15 is 0 Å². The standard InChI is InChI=1S/C8H8N.C5H10O2.Ir/c1-2-5-8-6-3-4-7-9-8;1-4(6)3-5(2)7;/h3-7H,1H3;3-4,6-7H,1-2H3;/q-1;;. The van der Waals surface area contributed by atoms with Crippen LogP contribution in [-0.4, -0.2) is 21.3 Å². The summed E-state index contributed by atoms with van der Waals surface area (Å²) in [6, 6.07) is 5.79. The van der Waals surface area contributed by atoms with Crippen molar-refractivity contribution in [2.75, 3.05) is 0 Å². The second-order valence-electron chi connectivity index (χ2n) is 3.24. The molecule has 1 aromatic rings. The van der Waals surface area contributed by atoms with Crippen LogP contribution in [0.25, 0.3) is 6.08 Å². The zero-order chi connectivity index (χ0) is 12.4. The van der Waals surface area contributed by atoms with Crippen LogP contribution in [0.3, 0.4) is 0 Å². The molecule has 3 nitrogen and oxygen atoms in total. The number of allylic oxidation sites excluding steroid dienone is 2. The Morgan fingerprint density at radius 3 is 2.41 bits per heavy atom. The van der Waals surface area contributed by atoms with Crippen LogP contribution < -0.4 is 0 Å². The van der Waals surface area contributed by atoms with E-state index in [9.17, 15) is 0 Å². The molecular weight excluding hydrogens is 394 g/mol. The second-order valence-corrected chi connectivity index (χ2v) is 3.24. The first-order chi connectivity index (χ1) is 7.56. The van der Waals surface area contributed by atoms with Gasteiger partial charge in [-0.3, -0.25) is 6.08 Å². The molecule has 0 aromatic carbocycles. The quantitative estimate of drug-likeness (QED) is 0.580. The van der Waals surface area contributed by atoms with E-state index in [1.165, 1.54) is 13.0 Å². The number of nitrogens with zero attached hydrogens (tertiary/aromatic N) is 1. The SMILES string of the molecule is CC(O)=CC(C)O.C[C-]=Cc1ccccn1.[Ir]. The molecule has 0 aliphatic heterocycles. The molecule has 0 saturated carbocycles. The fourth-order valence-corrected chi connectivity index (χ4v) is 0.958. The molecule has 0 fully saturated rings. The van der Waals surface area contributed by atoms with Crippen molar-refractivity contribution in [2.45, 2.75) is 26.9 Å². The predicted octanol–water partition coefficient (Wildman–Crippen LogP) is 2.74. The first-order valence-corrected chi connectivity index (χ1v) is 5.03. The summed E-state index contributed by atoms with van der Waals surface area (Å²) in [5.41, 5.74) is 0.958. The minimum absolute atomic E-state index is 0. The maximum Gasteiger partial charge on any atom is 0.0877 e. The Kier molecular flexibility index (Phi) is 12.5. The van der Waals surface area contributed by atoms with Gasteiger partial charge in [-0.1, -0.05) is 11.8 Å². The van der Waals surface area contributed by atoms with Gasteiger partial charge in [0.1, 0.15) is 0 Å². The summed E-state index contributed by atoms with van der Waals surface area (Å²) in [4.78, 5) is 4.05. The summed E-state index contributed by atoms with van der Waals surface area (Å²) >= 11 is 0. The average molecular weight is 413 g/mol. The molecule has 0 bridgehead atoms. The molecule has 97 valence electrons. The minimum atomic E-state index is -0.537. The molecule has 1 aromatic heterocycles. The summed E-state index contributed by atoms with van der Waals surface area (Å²) in [5.74, 6) is 0.162. The van der Waals surface area contributed by atoms with Gasteiger partial charge in [0.15, 0.2) is 0 Å². The van der Waals surface area contributed by atoms with Crippen LogP contribution in [0, 0.1) is 6.08 Å². The molecule has 17 heavy (non-hydrogen) atoms. The van der Waals surface area contributed by atoms with Gasteiger partial charge in [-0.2, -0.15) is 0 Å². The van der Waals surface area contributed by atoms with Crippen molar-refractivity contribution in [1.29, 1.82) is 0 Å². The van der Waals surface area contributed by atoms with Crippen molar-refractivity contribution in [3.05, 3.63) is 48.0 Å². The third-order valence-corrected chi connectivity index (χ3v) is 1.46. The molecular formula is C13H18IrNO2-. The van der Waals surface area contributed by atoms with Gasteiger partial charge in [-0.15, -0.1) is 13.0 Å². The van der Waals surface area contributed by atoms with E-state index < -0.39 is 6.10 Å². The maximum atomic E-state index is 8.49. The fourth-order valence-electron chi connectivity index (χ4n) is 0.958. The van der Waals surface area contributed by atoms with Crippen LogP contribution in [0.5, 0.6) is 0 Å².